The highest BCUT2D eigenvalue weighted by molar-refractivity contribution is 6.64. The first-order chi connectivity index (χ1) is 13.2. The van der Waals surface area contributed by atoms with Crippen LogP contribution in [-0.4, -0.2) is 36.1 Å². The molecule has 5 nitrogen and oxygen atoms in total. The molecule has 0 unspecified atom stereocenters. The van der Waals surface area contributed by atoms with Crippen LogP contribution in [0.3, 0.4) is 0 Å². The lowest BCUT2D eigenvalue weighted by atomic mass is 10.2. The molecular weight excluding hydrogens is 450 g/mol. The van der Waals surface area contributed by atoms with Crippen molar-refractivity contribution in [2.75, 3.05) is 20.3 Å². The molecule has 0 bridgehead atoms. The van der Waals surface area contributed by atoms with Crippen molar-refractivity contribution in [3.8, 4) is 5.75 Å². The summed E-state index contributed by atoms with van der Waals surface area (Å²) in [5, 5.41) is -0.673. The minimum atomic E-state index is -0.523. The second-order valence-corrected chi connectivity index (χ2v) is 6.60. The third-order valence-electron chi connectivity index (χ3n) is 2.61. The van der Waals surface area contributed by atoms with Gasteiger partial charge in [0.05, 0.1) is 0 Å². The van der Waals surface area contributed by atoms with Gasteiger partial charge in [0.15, 0.2) is 6.61 Å². The molecule has 28 heavy (non-hydrogen) atoms. The summed E-state index contributed by atoms with van der Waals surface area (Å²) < 4.78 is 9.30. The van der Waals surface area contributed by atoms with Crippen LogP contribution in [0, 0.1) is 0 Å². The zero-order valence-electron chi connectivity index (χ0n) is 14.9. The van der Waals surface area contributed by atoms with E-state index >= 15 is 0 Å². The van der Waals surface area contributed by atoms with Crippen LogP contribution in [0.1, 0.15) is 5.56 Å². The van der Waals surface area contributed by atoms with Gasteiger partial charge in [-0.1, -0.05) is 41.9 Å². The van der Waals surface area contributed by atoms with E-state index in [1.54, 1.807) is 24.3 Å². The van der Waals surface area contributed by atoms with Gasteiger partial charge in [-0.15, -0.1) is 0 Å². The fourth-order valence-corrected chi connectivity index (χ4v) is 1.98. The van der Waals surface area contributed by atoms with Crippen molar-refractivity contribution in [3.63, 3.8) is 0 Å². The zero-order valence-corrected chi connectivity index (χ0v) is 17.9. The van der Waals surface area contributed by atoms with Crippen molar-refractivity contribution < 1.29 is 23.9 Å². The normalized spacial score (nSPS) is 9.18. The Balaban J connectivity index is 0.000000414. The molecule has 2 aromatic carbocycles. The molecule has 0 saturated heterocycles. The molecular formula is C19H18Cl4O5. The Hall–Kier alpha value is -1.63. The van der Waals surface area contributed by atoms with E-state index in [1.165, 1.54) is 7.11 Å². The maximum Gasteiger partial charge on any atom is 0.259 e. The van der Waals surface area contributed by atoms with Crippen molar-refractivity contribution in [2.45, 2.75) is 6.42 Å². The maximum atomic E-state index is 10.4. The van der Waals surface area contributed by atoms with E-state index in [1.807, 2.05) is 30.3 Å². The number of hydrogen-bond acceptors (Lipinski definition) is 5. The van der Waals surface area contributed by atoms with Crippen molar-refractivity contribution in [2.24, 2.45) is 0 Å². The molecule has 0 aliphatic rings. The predicted molar refractivity (Wildman–Crippen MR) is 112 cm³/mol. The van der Waals surface area contributed by atoms with Gasteiger partial charge in [-0.3, -0.25) is 14.4 Å². The lowest BCUT2D eigenvalue weighted by Crippen LogP contribution is -2.03. The Bertz CT molecular complexity index is 721. The number of carbonyl (C=O) groups is 3. The molecule has 152 valence electrons. The summed E-state index contributed by atoms with van der Waals surface area (Å²) in [6.07, 6.45) is 0.322. The summed E-state index contributed by atoms with van der Waals surface area (Å²) in [5.74, 6) is 0.577. The summed E-state index contributed by atoms with van der Waals surface area (Å²) in [6, 6.07) is 16.1. The van der Waals surface area contributed by atoms with Crippen molar-refractivity contribution >= 4 is 62.1 Å². The van der Waals surface area contributed by atoms with Crippen LogP contribution in [0.15, 0.2) is 54.6 Å². The maximum absolute atomic E-state index is 10.4. The number of ether oxygens (including phenoxy) is 2. The van der Waals surface area contributed by atoms with Crippen LogP contribution in [0.2, 0.25) is 5.02 Å². The molecule has 9 heteroatoms. The summed E-state index contributed by atoms with van der Waals surface area (Å²) in [7, 11) is 1.42. The number of hydrogen-bond donors (Lipinski definition) is 0. The summed E-state index contributed by atoms with van der Waals surface area (Å²) >= 11 is 20.7. The molecule has 0 aliphatic heterocycles. The molecule has 0 saturated carbocycles. The van der Waals surface area contributed by atoms with Gasteiger partial charge in [-0.25, -0.2) is 0 Å². The number of methoxy groups -OCH3 is 1. The molecule has 0 aromatic heterocycles. The standard InChI is InChI=1S/C8H6Cl2O2.C8H7ClO.C3H5ClO2/c9-6-1-3-7(4-2-6)12-5-8(10)11;9-8(10)6-7-4-2-1-3-5-7;1-6-2-3(4)5/h1-4H,5H2;1-5H,6H2;2H2,1H3. The van der Waals surface area contributed by atoms with Gasteiger partial charge >= 0.3 is 0 Å². The monoisotopic (exact) mass is 466 g/mol. The minimum Gasteiger partial charge on any atom is -0.484 e. The minimum absolute atomic E-state index is 0.00154. The van der Waals surface area contributed by atoms with Gasteiger partial charge in [-0.05, 0) is 64.6 Å². The van der Waals surface area contributed by atoms with Crippen molar-refractivity contribution in [1.29, 1.82) is 0 Å². The van der Waals surface area contributed by atoms with E-state index in [2.05, 4.69) is 4.74 Å². The Morgan fingerprint density at radius 3 is 1.71 bits per heavy atom. The van der Waals surface area contributed by atoms with Gasteiger partial charge in [-0.2, -0.15) is 0 Å². The smallest absolute Gasteiger partial charge is 0.259 e. The largest absolute Gasteiger partial charge is 0.484 e. The van der Waals surface area contributed by atoms with E-state index < -0.39 is 10.5 Å². The molecule has 2 aromatic rings. The summed E-state index contributed by atoms with van der Waals surface area (Å²) in [5.41, 5.74) is 0.961. The van der Waals surface area contributed by atoms with Crippen LogP contribution < -0.4 is 4.74 Å². The number of carbonyl (C=O) groups excluding carboxylic acids is 3. The highest BCUT2D eigenvalue weighted by Crippen LogP contribution is 2.15. The SMILES string of the molecule is COCC(=O)Cl.O=C(Cl)COc1ccc(Cl)cc1.O=C(Cl)Cc1ccccc1. The Morgan fingerprint density at radius 2 is 1.32 bits per heavy atom. The van der Waals surface area contributed by atoms with Crippen molar-refractivity contribution in [1.82, 2.24) is 0 Å². The number of rotatable bonds is 7. The fourth-order valence-electron chi connectivity index (χ4n) is 1.54. The van der Waals surface area contributed by atoms with Crippen LogP contribution >= 0.6 is 46.4 Å². The van der Waals surface area contributed by atoms with Crippen LogP contribution in [-0.2, 0) is 25.5 Å². The second-order valence-electron chi connectivity index (χ2n) is 4.90. The molecule has 0 atom stereocenters. The molecule has 0 amide bonds. The lowest BCUT2D eigenvalue weighted by Gasteiger charge is -2.01. The zero-order chi connectivity index (χ0) is 21.4. The van der Waals surface area contributed by atoms with Gasteiger partial charge < -0.3 is 9.47 Å². The van der Waals surface area contributed by atoms with E-state index in [0.717, 1.165) is 5.56 Å². The Kier molecular flexibility index (Phi) is 15.4. The summed E-state index contributed by atoms with van der Waals surface area (Å²) in [6.45, 7) is -0.120. The lowest BCUT2D eigenvalue weighted by molar-refractivity contribution is -0.115. The number of benzene rings is 2. The van der Waals surface area contributed by atoms with Gasteiger partial charge in [0.1, 0.15) is 12.4 Å². The molecule has 2 rings (SSSR count). The average molecular weight is 468 g/mol. The highest BCUT2D eigenvalue weighted by atomic mass is 35.5. The average Bonchev–Trinajstić information content (AvgIpc) is 2.62. The van der Waals surface area contributed by atoms with Crippen LogP contribution in [0.25, 0.3) is 0 Å². The van der Waals surface area contributed by atoms with Gasteiger partial charge in [0.25, 0.3) is 5.24 Å². The molecule has 0 spiro atoms. The van der Waals surface area contributed by atoms with E-state index in [4.69, 9.17) is 51.1 Å². The van der Waals surface area contributed by atoms with E-state index in [9.17, 15) is 14.4 Å². The molecule has 0 fully saturated rings. The molecule has 0 radical (unpaired) electrons. The first-order valence-electron chi connectivity index (χ1n) is 7.70. The second kappa shape index (κ2) is 16.3. The van der Waals surface area contributed by atoms with Gasteiger partial charge in [0.2, 0.25) is 10.5 Å². The Morgan fingerprint density at radius 1 is 0.786 bits per heavy atom. The van der Waals surface area contributed by atoms with E-state index in [-0.39, 0.29) is 18.5 Å². The van der Waals surface area contributed by atoms with Crippen LogP contribution in [0.4, 0.5) is 0 Å². The Labute approximate surface area is 183 Å². The van der Waals surface area contributed by atoms with Crippen molar-refractivity contribution in [3.05, 3.63) is 65.2 Å². The summed E-state index contributed by atoms with van der Waals surface area (Å²) in [4.78, 5) is 30.4. The predicted octanol–water partition coefficient (Wildman–Crippen LogP) is 4.88. The first-order valence-corrected chi connectivity index (χ1v) is 9.22. The molecule has 0 N–H and O–H groups in total. The van der Waals surface area contributed by atoms with Crippen LogP contribution in [0.5, 0.6) is 5.75 Å². The van der Waals surface area contributed by atoms with E-state index in [0.29, 0.717) is 17.2 Å². The third-order valence-corrected chi connectivity index (χ3v) is 3.21. The quantitative estimate of drug-likeness (QED) is 0.543. The third kappa shape index (κ3) is 16.5. The van der Waals surface area contributed by atoms with Gasteiger partial charge in [0, 0.05) is 18.6 Å². The molecule has 0 aliphatic carbocycles. The topological polar surface area (TPSA) is 69.7 Å². The molecule has 0 heterocycles. The highest BCUT2D eigenvalue weighted by Gasteiger charge is 1.97. The fraction of sp³-hybridized carbons (Fsp3) is 0.211. The first kappa shape index (κ1) is 26.4. The number of halogens is 4.